The van der Waals surface area contributed by atoms with Crippen molar-refractivity contribution in [1.82, 2.24) is 15.0 Å². The summed E-state index contributed by atoms with van der Waals surface area (Å²) in [6.07, 6.45) is 0.184. The average molecular weight is 349 g/mol. The fraction of sp³-hybridized carbons (Fsp3) is 0.471. The summed E-state index contributed by atoms with van der Waals surface area (Å²) >= 11 is 0. The second-order valence-electron chi connectivity index (χ2n) is 6.13. The lowest BCUT2D eigenvalue weighted by Crippen LogP contribution is -2.30. The van der Waals surface area contributed by atoms with E-state index in [1.54, 1.807) is 17.0 Å². The van der Waals surface area contributed by atoms with Crippen molar-refractivity contribution in [3.05, 3.63) is 47.4 Å². The number of methoxy groups -OCH3 is 1. The maximum Gasteiger partial charge on any atom is 0.232 e. The van der Waals surface area contributed by atoms with Crippen molar-refractivity contribution in [3.8, 4) is 0 Å². The monoisotopic (exact) mass is 349 g/mol. The van der Waals surface area contributed by atoms with Crippen LogP contribution in [0.4, 0.5) is 4.39 Å². The van der Waals surface area contributed by atoms with E-state index in [0.717, 1.165) is 5.56 Å². The number of hydrogen-bond donors (Lipinski definition) is 1. The number of carbonyl (C=O) groups excluding carboxylic acids is 1. The van der Waals surface area contributed by atoms with Gasteiger partial charge in [0.2, 0.25) is 11.8 Å². The lowest BCUT2D eigenvalue weighted by atomic mass is 9.97. The van der Waals surface area contributed by atoms with Gasteiger partial charge in [0.25, 0.3) is 0 Å². The molecular weight excluding hydrogens is 329 g/mol. The quantitative estimate of drug-likeness (QED) is 0.841. The molecule has 1 aromatic carbocycles. The minimum Gasteiger partial charge on any atom is -0.396 e. The van der Waals surface area contributed by atoms with E-state index in [2.05, 4.69) is 10.1 Å². The van der Waals surface area contributed by atoms with Crippen molar-refractivity contribution in [3.63, 3.8) is 0 Å². The van der Waals surface area contributed by atoms with Crippen LogP contribution in [-0.2, 0) is 22.6 Å². The summed E-state index contributed by atoms with van der Waals surface area (Å²) in [4.78, 5) is 18.5. The number of ether oxygens (including phenoxy) is 1. The molecule has 1 saturated heterocycles. The van der Waals surface area contributed by atoms with Crippen LogP contribution in [0.2, 0.25) is 0 Å². The summed E-state index contributed by atoms with van der Waals surface area (Å²) < 4.78 is 23.2. The van der Waals surface area contributed by atoms with Crippen LogP contribution in [0.15, 0.2) is 28.8 Å². The van der Waals surface area contributed by atoms with Crippen LogP contribution in [0.3, 0.4) is 0 Å². The Morgan fingerprint density at radius 3 is 2.84 bits per heavy atom. The van der Waals surface area contributed by atoms with Crippen LogP contribution in [0.25, 0.3) is 0 Å². The molecule has 0 spiro atoms. The van der Waals surface area contributed by atoms with Crippen molar-refractivity contribution >= 4 is 5.91 Å². The first kappa shape index (κ1) is 17.5. The van der Waals surface area contributed by atoms with Crippen molar-refractivity contribution < 1.29 is 23.6 Å². The molecule has 0 unspecified atom stereocenters. The van der Waals surface area contributed by atoms with Crippen molar-refractivity contribution in [2.24, 2.45) is 5.92 Å². The number of halogens is 1. The Morgan fingerprint density at radius 2 is 2.16 bits per heavy atom. The van der Waals surface area contributed by atoms with E-state index in [4.69, 9.17) is 9.26 Å². The van der Waals surface area contributed by atoms with Gasteiger partial charge in [-0.05, 0) is 17.7 Å². The van der Waals surface area contributed by atoms with Crippen molar-refractivity contribution in [2.45, 2.75) is 18.9 Å². The first-order valence-corrected chi connectivity index (χ1v) is 8.05. The topological polar surface area (TPSA) is 88.7 Å². The number of benzene rings is 1. The molecule has 1 N–H and O–H groups in total. The highest BCUT2D eigenvalue weighted by Gasteiger charge is 2.39. The molecule has 1 amide bonds. The number of amides is 1. The molecule has 2 aromatic rings. The summed E-state index contributed by atoms with van der Waals surface area (Å²) in [5, 5.41) is 13.5. The lowest BCUT2D eigenvalue weighted by molar-refractivity contribution is -0.129. The second-order valence-corrected chi connectivity index (χ2v) is 6.13. The predicted octanol–water partition coefficient (Wildman–Crippen LogP) is 1.13. The first-order chi connectivity index (χ1) is 12.1. The number of nitrogens with zero attached hydrogens (tertiary/aromatic N) is 3. The Labute approximate surface area is 144 Å². The van der Waals surface area contributed by atoms with Gasteiger partial charge >= 0.3 is 0 Å². The summed E-state index contributed by atoms with van der Waals surface area (Å²) in [6.45, 7) is 0.989. The van der Waals surface area contributed by atoms with Gasteiger partial charge in [-0.25, -0.2) is 4.39 Å². The van der Waals surface area contributed by atoms with Crippen LogP contribution in [0.5, 0.6) is 0 Å². The molecule has 0 bridgehead atoms. The summed E-state index contributed by atoms with van der Waals surface area (Å²) in [5.41, 5.74) is 0.746. The third-order valence-electron chi connectivity index (χ3n) is 4.37. The van der Waals surface area contributed by atoms with Gasteiger partial charge in [-0.1, -0.05) is 17.3 Å². The third-order valence-corrected chi connectivity index (χ3v) is 4.37. The molecule has 25 heavy (non-hydrogen) atoms. The van der Waals surface area contributed by atoms with Gasteiger partial charge in [-0.15, -0.1) is 0 Å². The highest BCUT2D eigenvalue weighted by atomic mass is 19.1. The molecule has 0 aliphatic carbocycles. The van der Waals surface area contributed by atoms with Gasteiger partial charge in [0.05, 0.1) is 12.3 Å². The van der Waals surface area contributed by atoms with Gasteiger partial charge < -0.3 is 19.3 Å². The normalized spacial score (nSPS) is 20.2. The largest absolute Gasteiger partial charge is 0.396 e. The van der Waals surface area contributed by atoms with E-state index in [-0.39, 0.29) is 43.2 Å². The highest BCUT2D eigenvalue weighted by Crippen LogP contribution is 2.32. The van der Waals surface area contributed by atoms with Crippen LogP contribution >= 0.6 is 0 Å². The van der Waals surface area contributed by atoms with Crippen LogP contribution in [0, 0.1) is 11.7 Å². The van der Waals surface area contributed by atoms with Gasteiger partial charge in [-0.2, -0.15) is 4.98 Å². The maximum absolute atomic E-state index is 13.0. The molecule has 1 aliphatic rings. The molecule has 1 aromatic heterocycles. The number of carbonyl (C=O) groups is 1. The number of hydrogen-bond acceptors (Lipinski definition) is 6. The number of aromatic nitrogens is 2. The number of rotatable bonds is 6. The lowest BCUT2D eigenvalue weighted by Gasteiger charge is -2.16. The Bertz CT molecular complexity index is 719. The first-order valence-electron chi connectivity index (χ1n) is 8.05. The van der Waals surface area contributed by atoms with E-state index in [9.17, 15) is 14.3 Å². The number of aliphatic hydroxyl groups is 1. The molecule has 7 nitrogen and oxygen atoms in total. The summed E-state index contributed by atoms with van der Waals surface area (Å²) in [6, 6.07) is 5.86. The molecule has 2 heterocycles. The standard InChI is InChI=1S/C17H20FN3O4/c1-24-10-15-19-17(25-20-15)14-8-21(7-12(14)9-22)16(23)6-11-2-4-13(18)5-3-11/h2-5,12,14,22H,6-10H2,1H3/t12-,14+/m0/s1. The average Bonchev–Trinajstić information content (AvgIpc) is 3.23. The van der Waals surface area contributed by atoms with E-state index in [0.29, 0.717) is 24.8 Å². The zero-order valence-electron chi connectivity index (χ0n) is 13.9. The van der Waals surface area contributed by atoms with Crippen molar-refractivity contribution in [2.75, 3.05) is 26.8 Å². The molecular formula is C17H20FN3O4. The van der Waals surface area contributed by atoms with E-state index < -0.39 is 0 Å². The smallest absolute Gasteiger partial charge is 0.232 e. The number of aliphatic hydroxyl groups excluding tert-OH is 1. The Kier molecular flexibility index (Phi) is 5.40. The Balaban J connectivity index is 1.67. The fourth-order valence-electron chi connectivity index (χ4n) is 3.03. The van der Waals surface area contributed by atoms with Crippen LogP contribution in [-0.4, -0.2) is 52.9 Å². The zero-order chi connectivity index (χ0) is 17.8. The van der Waals surface area contributed by atoms with Crippen LogP contribution < -0.4 is 0 Å². The molecule has 3 rings (SSSR count). The molecule has 8 heteroatoms. The minimum absolute atomic E-state index is 0.0764. The third kappa shape index (κ3) is 4.02. The van der Waals surface area contributed by atoms with E-state index in [1.807, 2.05) is 0 Å². The van der Waals surface area contributed by atoms with Crippen LogP contribution in [0.1, 0.15) is 23.2 Å². The zero-order valence-corrected chi connectivity index (χ0v) is 13.9. The van der Waals surface area contributed by atoms with E-state index >= 15 is 0 Å². The predicted molar refractivity (Wildman–Crippen MR) is 85.0 cm³/mol. The number of likely N-dealkylation sites (tertiary alicyclic amines) is 1. The molecule has 1 aliphatic heterocycles. The Hall–Kier alpha value is -2.32. The second kappa shape index (κ2) is 7.71. The van der Waals surface area contributed by atoms with E-state index in [1.165, 1.54) is 19.2 Å². The van der Waals surface area contributed by atoms with Gasteiger partial charge in [0, 0.05) is 32.7 Å². The maximum atomic E-state index is 13.0. The highest BCUT2D eigenvalue weighted by molar-refractivity contribution is 5.79. The summed E-state index contributed by atoms with van der Waals surface area (Å²) in [7, 11) is 1.54. The fourth-order valence-corrected chi connectivity index (χ4v) is 3.03. The molecule has 0 saturated carbocycles. The van der Waals surface area contributed by atoms with Gasteiger partial charge in [0.1, 0.15) is 12.4 Å². The minimum atomic E-state index is -0.332. The van der Waals surface area contributed by atoms with Gasteiger partial charge in [-0.3, -0.25) is 4.79 Å². The SMILES string of the molecule is COCc1noc([C@@H]2CN(C(=O)Cc3ccc(F)cc3)C[C@H]2CO)n1. The van der Waals surface area contributed by atoms with Crippen molar-refractivity contribution in [1.29, 1.82) is 0 Å². The Morgan fingerprint density at radius 1 is 1.40 bits per heavy atom. The molecule has 1 fully saturated rings. The molecule has 134 valence electrons. The molecule has 0 radical (unpaired) electrons. The summed E-state index contributed by atoms with van der Waals surface area (Å²) in [5.74, 6) is 0.0620. The molecule has 2 atom stereocenters. The van der Waals surface area contributed by atoms with Gasteiger partial charge in [0.15, 0.2) is 5.82 Å².